The van der Waals surface area contributed by atoms with E-state index in [1.54, 1.807) is 0 Å². The van der Waals surface area contributed by atoms with E-state index in [9.17, 15) is 0 Å². The summed E-state index contributed by atoms with van der Waals surface area (Å²) in [6.45, 7) is 0. The second-order valence-corrected chi connectivity index (χ2v) is 14.2. The second kappa shape index (κ2) is 11.4. The van der Waals surface area contributed by atoms with Gasteiger partial charge in [0.25, 0.3) is 0 Å². The van der Waals surface area contributed by atoms with E-state index < -0.39 is 0 Å². The van der Waals surface area contributed by atoms with Gasteiger partial charge in [-0.2, -0.15) is 0 Å². The molecule has 0 saturated carbocycles. The largest absolute Gasteiger partial charge is 0.308 e. The van der Waals surface area contributed by atoms with E-state index in [-0.39, 0.29) is 0 Å². The zero-order valence-electron chi connectivity index (χ0n) is 27.9. The van der Waals surface area contributed by atoms with Gasteiger partial charge in [0.1, 0.15) is 0 Å². The molecular weight excluding hydrogens is 653 g/mol. The van der Waals surface area contributed by atoms with Gasteiger partial charge in [-0.15, -0.1) is 11.3 Å². The van der Waals surface area contributed by atoms with Gasteiger partial charge >= 0.3 is 0 Å². The number of thiophene rings is 1. The fourth-order valence-corrected chi connectivity index (χ4v) is 9.18. The van der Waals surface area contributed by atoms with Crippen molar-refractivity contribution >= 4 is 74.9 Å². The molecule has 0 aliphatic carbocycles. The first-order valence-corrected chi connectivity index (χ1v) is 18.3. The van der Waals surface area contributed by atoms with Crippen LogP contribution in [0.3, 0.4) is 0 Å². The van der Waals surface area contributed by atoms with Crippen molar-refractivity contribution in [2.24, 2.45) is 0 Å². The molecule has 0 radical (unpaired) electrons. The molecule has 242 valence electrons. The predicted octanol–water partition coefficient (Wildman–Crippen LogP) is 12.6. The van der Waals surface area contributed by atoms with Crippen LogP contribution in [0.15, 0.2) is 170 Å². The highest BCUT2D eigenvalue weighted by atomic mass is 32.1. The van der Waals surface area contributed by atoms with E-state index in [0.29, 0.717) is 17.5 Å². The quantitative estimate of drug-likeness (QED) is 0.174. The van der Waals surface area contributed by atoms with E-state index in [1.165, 1.54) is 63.5 Å². The zero-order chi connectivity index (χ0) is 34.2. The molecule has 0 N–H and O–H groups in total. The van der Waals surface area contributed by atoms with Crippen molar-refractivity contribution in [1.82, 2.24) is 19.5 Å². The lowest BCUT2D eigenvalue weighted by atomic mass is 9.94. The molecule has 8 aromatic carbocycles. The van der Waals surface area contributed by atoms with E-state index in [0.717, 1.165) is 22.4 Å². The summed E-state index contributed by atoms with van der Waals surface area (Å²) in [6.07, 6.45) is 0. The van der Waals surface area contributed by atoms with Crippen LogP contribution in [0.5, 0.6) is 0 Å². The van der Waals surface area contributed by atoms with Crippen molar-refractivity contribution in [3.8, 4) is 39.9 Å². The van der Waals surface area contributed by atoms with Crippen LogP contribution in [0.1, 0.15) is 0 Å². The third-order valence-electron chi connectivity index (χ3n) is 10.2. The standard InChI is InChI=1S/C47H28N4S/c1-3-15-30(16-4-1)45-48-46(31-17-5-2-6-18-31)50-47(49-45)32-19-13-20-33(28-32)51-38-24-11-9-22-35(38)41-37-27-26-29-14-7-8-21-34(29)40(37)42-36-23-10-12-25-39(36)52-44(42)43(41)51/h1-28H. The molecule has 0 fully saturated rings. The maximum atomic E-state index is 5.07. The Labute approximate surface area is 302 Å². The minimum absolute atomic E-state index is 0.638. The number of fused-ring (bicyclic) bond motifs is 12. The summed E-state index contributed by atoms with van der Waals surface area (Å²) in [7, 11) is 0. The van der Waals surface area contributed by atoms with E-state index in [4.69, 9.17) is 15.0 Å². The van der Waals surface area contributed by atoms with Gasteiger partial charge in [0.15, 0.2) is 17.5 Å². The Balaban J connectivity index is 1.23. The molecule has 0 amide bonds. The normalized spacial score (nSPS) is 11.8. The Morgan fingerprint density at radius 1 is 0.404 bits per heavy atom. The van der Waals surface area contributed by atoms with Gasteiger partial charge in [0.05, 0.1) is 15.7 Å². The smallest absolute Gasteiger partial charge is 0.164 e. The highest BCUT2D eigenvalue weighted by Gasteiger charge is 2.23. The van der Waals surface area contributed by atoms with Crippen molar-refractivity contribution < 1.29 is 0 Å². The summed E-state index contributed by atoms with van der Waals surface area (Å²) >= 11 is 1.88. The Hall–Kier alpha value is -6.69. The van der Waals surface area contributed by atoms with Crippen molar-refractivity contribution in [2.45, 2.75) is 0 Å². The number of hydrogen-bond donors (Lipinski definition) is 0. The number of para-hydroxylation sites is 1. The van der Waals surface area contributed by atoms with Gasteiger partial charge in [-0.3, -0.25) is 0 Å². The van der Waals surface area contributed by atoms with Crippen LogP contribution in [0, 0.1) is 0 Å². The maximum Gasteiger partial charge on any atom is 0.164 e. The lowest BCUT2D eigenvalue weighted by molar-refractivity contribution is 1.07. The molecule has 3 heterocycles. The highest BCUT2D eigenvalue weighted by Crippen LogP contribution is 2.49. The minimum atomic E-state index is 0.638. The number of rotatable bonds is 4. The first-order valence-electron chi connectivity index (χ1n) is 17.5. The summed E-state index contributed by atoms with van der Waals surface area (Å²) in [5, 5.41) is 10.3. The highest BCUT2D eigenvalue weighted by molar-refractivity contribution is 7.27. The third-order valence-corrected chi connectivity index (χ3v) is 11.4. The van der Waals surface area contributed by atoms with Crippen LogP contribution in [-0.2, 0) is 0 Å². The van der Waals surface area contributed by atoms with E-state index >= 15 is 0 Å². The molecule has 0 aliphatic heterocycles. The van der Waals surface area contributed by atoms with Crippen LogP contribution in [-0.4, -0.2) is 19.5 Å². The lowest BCUT2D eigenvalue weighted by Crippen LogP contribution is -2.01. The summed E-state index contributed by atoms with van der Waals surface area (Å²) < 4.78 is 5.04. The second-order valence-electron chi connectivity index (χ2n) is 13.2. The van der Waals surface area contributed by atoms with Gasteiger partial charge in [-0.1, -0.05) is 146 Å². The molecule has 0 unspecified atom stereocenters. The van der Waals surface area contributed by atoms with Crippen molar-refractivity contribution in [3.63, 3.8) is 0 Å². The van der Waals surface area contributed by atoms with Crippen LogP contribution in [0.2, 0.25) is 0 Å². The molecule has 5 heteroatoms. The molecule has 0 saturated heterocycles. The molecule has 0 bridgehead atoms. The average Bonchev–Trinajstić information content (AvgIpc) is 3.78. The molecule has 0 aliphatic rings. The lowest BCUT2D eigenvalue weighted by Gasteiger charge is -2.13. The Morgan fingerprint density at radius 3 is 1.75 bits per heavy atom. The number of aromatic nitrogens is 4. The average molecular weight is 681 g/mol. The van der Waals surface area contributed by atoms with Gasteiger partial charge in [-0.25, -0.2) is 15.0 Å². The molecule has 3 aromatic heterocycles. The van der Waals surface area contributed by atoms with Gasteiger partial charge in [0, 0.05) is 48.6 Å². The topological polar surface area (TPSA) is 43.6 Å². The van der Waals surface area contributed by atoms with Gasteiger partial charge in [-0.05, 0) is 45.8 Å². The molecule has 0 atom stereocenters. The summed E-state index contributed by atoms with van der Waals surface area (Å²) in [5.74, 6) is 1.94. The summed E-state index contributed by atoms with van der Waals surface area (Å²) in [6, 6.07) is 60.0. The maximum absolute atomic E-state index is 5.07. The number of benzene rings is 8. The van der Waals surface area contributed by atoms with Crippen LogP contribution in [0.4, 0.5) is 0 Å². The Morgan fingerprint density at radius 2 is 1.00 bits per heavy atom. The molecule has 0 spiro atoms. The molecular formula is C47H28N4S. The van der Waals surface area contributed by atoms with Gasteiger partial charge in [0.2, 0.25) is 0 Å². The first kappa shape index (κ1) is 29.1. The predicted molar refractivity (Wildman–Crippen MR) is 218 cm³/mol. The van der Waals surface area contributed by atoms with Crippen molar-refractivity contribution in [3.05, 3.63) is 170 Å². The van der Waals surface area contributed by atoms with Crippen molar-refractivity contribution in [2.75, 3.05) is 0 Å². The third kappa shape index (κ3) is 4.36. The van der Waals surface area contributed by atoms with Crippen molar-refractivity contribution in [1.29, 1.82) is 0 Å². The summed E-state index contributed by atoms with van der Waals surface area (Å²) in [5.41, 5.74) is 6.29. The minimum Gasteiger partial charge on any atom is -0.308 e. The SMILES string of the molecule is c1ccc(-c2nc(-c3ccccc3)nc(-c3cccc(-n4c5ccccc5c5c6ccc7ccccc7c6c6c7ccccc7sc6c54)c3)n2)cc1. The fourth-order valence-electron chi connectivity index (χ4n) is 7.93. The molecule has 52 heavy (non-hydrogen) atoms. The van der Waals surface area contributed by atoms with Crippen LogP contribution >= 0.6 is 11.3 Å². The van der Waals surface area contributed by atoms with Crippen LogP contribution < -0.4 is 0 Å². The van der Waals surface area contributed by atoms with E-state index in [1.807, 2.05) is 72.0 Å². The molecule has 4 nitrogen and oxygen atoms in total. The Bertz CT molecular complexity index is 3120. The first-order chi connectivity index (χ1) is 25.8. The van der Waals surface area contributed by atoms with Gasteiger partial charge < -0.3 is 4.57 Å². The van der Waals surface area contributed by atoms with Crippen LogP contribution in [0.25, 0.3) is 103 Å². The number of hydrogen-bond acceptors (Lipinski definition) is 4. The number of nitrogens with zero attached hydrogens (tertiary/aromatic N) is 4. The van der Waals surface area contributed by atoms with E-state index in [2.05, 4.69) is 114 Å². The molecule has 11 aromatic rings. The summed E-state index contributed by atoms with van der Waals surface area (Å²) in [4.78, 5) is 15.1. The fraction of sp³-hybridized carbons (Fsp3) is 0. The molecule has 11 rings (SSSR count). The zero-order valence-corrected chi connectivity index (χ0v) is 28.7. The Kier molecular flexibility index (Phi) is 6.39. The monoisotopic (exact) mass is 680 g/mol.